The highest BCUT2D eigenvalue weighted by Crippen LogP contribution is 2.31. The third-order valence-electron chi connectivity index (χ3n) is 5.25. The lowest BCUT2D eigenvalue weighted by Crippen LogP contribution is -2.51. The number of nitrogens with zero attached hydrogens (tertiary/aromatic N) is 1. The number of rotatable bonds is 9. The molecular weight excluding hydrogens is 368 g/mol. The van der Waals surface area contributed by atoms with Gasteiger partial charge in [-0.2, -0.15) is 0 Å². The minimum absolute atomic E-state index is 0.0496. The van der Waals surface area contributed by atoms with Crippen LogP contribution in [0.3, 0.4) is 0 Å². The van der Waals surface area contributed by atoms with Gasteiger partial charge < -0.3 is 14.2 Å². The zero-order valence-corrected chi connectivity index (χ0v) is 16.6. The Balaban J connectivity index is 1.50. The summed E-state index contributed by atoms with van der Waals surface area (Å²) >= 11 is 0. The number of hydrogen-bond donors (Lipinski definition) is 1. The predicted molar refractivity (Wildman–Crippen MR) is 103 cm³/mol. The van der Waals surface area contributed by atoms with Gasteiger partial charge in [-0.25, -0.2) is 13.1 Å². The number of morpholine rings is 1. The third-order valence-corrected chi connectivity index (χ3v) is 6.54. The van der Waals surface area contributed by atoms with Gasteiger partial charge in [-0.15, -0.1) is 0 Å². The van der Waals surface area contributed by atoms with Gasteiger partial charge >= 0.3 is 0 Å². The Morgan fingerprint density at radius 3 is 2.41 bits per heavy atom. The molecule has 0 bridgehead atoms. The van der Waals surface area contributed by atoms with Crippen molar-refractivity contribution < 1.29 is 22.6 Å². The van der Waals surface area contributed by atoms with Gasteiger partial charge in [0, 0.05) is 44.8 Å². The van der Waals surface area contributed by atoms with Gasteiger partial charge in [0.1, 0.15) is 12.4 Å². The number of sulfonamides is 1. The van der Waals surface area contributed by atoms with E-state index in [4.69, 9.17) is 14.2 Å². The fraction of sp³-hybridized carbons (Fsp3) is 0.684. The molecule has 0 radical (unpaired) electrons. The van der Waals surface area contributed by atoms with Crippen molar-refractivity contribution in [3.63, 3.8) is 0 Å². The minimum Gasteiger partial charge on any atom is -0.492 e. The highest BCUT2D eigenvalue weighted by atomic mass is 32.2. The van der Waals surface area contributed by atoms with Gasteiger partial charge in [-0.3, -0.25) is 4.90 Å². The van der Waals surface area contributed by atoms with E-state index >= 15 is 0 Å². The van der Waals surface area contributed by atoms with E-state index in [0.717, 1.165) is 45.7 Å². The van der Waals surface area contributed by atoms with Crippen LogP contribution in [-0.2, 0) is 19.5 Å². The van der Waals surface area contributed by atoms with Gasteiger partial charge in [-0.05, 0) is 25.0 Å². The first kappa shape index (κ1) is 20.5. The van der Waals surface area contributed by atoms with Gasteiger partial charge in [-0.1, -0.05) is 18.2 Å². The fourth-order valence-corrected chi connectivity index (χ4v) is 4.52. The topological polar surface area (TPSA) is 77.1 Å². The van der Waals surface area contributed by atoms with Crippen molar-refractivity contribution in [2.75, 3.05) is 65.0 Å². The molecule has 2 saturated heterocycles. The van der Waals surface area contributed by atoms with E-state index in [-0.39, 0.29) is 17.8 Å². The van der Waals surface area contributed by atoms with Crippen molar-refractivity contribution >= 4 is 10.0 Å². The summed E-state index contributed by atoms with van der Waals surface area (Å²) in [6.45, 7) is 6.13. The first-order valence-corrected chi connectivity index (χ1v) is 11.3. The largest absolute Gasteiger partial charge is 0.492 e. The second-order valence-electron chi connectivity index (χ2n) is 7.30. The molecule has 1 N–H and O–H groups in total. The Morgan fingerprint density at radius 1 is 1.04 bits per heavy atom. The zero-order chi connectivity index (χ0) is 19.0. The van der Waals surface area contributed by atoms with Crippen LogP contribution in [0.5, 0.6) is 5.75 Å². The summed E-state index contributed by atoms with van der Waals surface area (Å²) in [6, 6.07) is 9.26. The van der Waals surface area contributed by atoms with Crippen LogP contribution in [0, 0.1) is 5.41 Å². The summed E-state index contributed by atoms with van der Waals surface area (Å²) in [5, 5.41) is 0. The highest BCUT2D eigenvalue weighted by Gasteiger charge is 2.36. The average molecular weight is 399 g/mol. The van der Waals surface area contributed by atoms with Crippen LogP contribution in [0.15, 0.2) is 30.3 Å². The first-order chi connectivity index (χ1) is 13.1. The van der Waals surface area contributed by atoms with Crippen molar-refractivity contribution in [1.29, 1.82) is 0 Å². The van der Waals surface area contributed by atoms with Crippen molar-refractivity contribution in [2.45, 2.75) is 12.8 Å². The maximum Gasteiger partial charge on any atom is 0.214 e. The summed E-state index contributed by atoms with van der Waals surface area (Å²) < 4.78 is 44.2. The molecule has 2 heterocycles. The Kier molecular flexibility index (Phi) is 7.49. The number of hydrogen-bond acceptors (Lipinski definition) is 6. The minimum atomic E-state index is -3.39. The van der Waals surface area contributed by atoms with E-state index in [0.29, 0.717) is 25.5 Å². The first-order valence-electron chi connectivity index (χ1n) is 9.60. The SMILES string of the molecule is O=S(=O)(CCOc1ccccc1)NCC1(CN2CCOCC2)CCOCC1. The second-order valence-corrected chi connectivity index (χ2v) is 9.23. The summed E-state index contributed by atoms with van der Waals surface area (Å²) in [5.41, 5.74) is -0.0804. The Morgan fingerprint density at radius 2 is 1.70 bits per heavy atom. The Labute approximate surface area is 162 Å². The predicted octanol–water partition coefficient (Wildman–Crippen LogP) is 1.11. The fourth-order valence-electron chi connectivity index (χ4n) is 3.55. The van der Waals surface area contributed by atoms with Crippen LogP contribution in [0.4, 0.5) is 0 Å². The van der Waals surface area contributed by atoms with Crippen molar-refractivity contribution in [2.24, 2.45) is 5.41 Å². The van der Waals surface area contributed by atoms with E-state index in [1.807, 2.05) is 30.3 Å². The molecular formula is C19H30N2O5S. The number of ether oxygens (including phenoxy) is 3. The molecule has 152 valence electrons. The van der Waals surface area contributed by atoms with Gasteiger partial charge in [0.25, 0.3) is 0 Å². The molecule has 1 aromatic rings. The van der Waals surface area contributed by atoms with Crippen LogP contribution in [0.2, 0.25) is 0 Å². The lowest BCUT2D eigenvalue weighted by atomic mass is 9.79. The van der Waals surface area contributed by atoms with Crippen LogP contribution in [0.1, 0.15) is 12.8 Å². The number of nitrogens with one attached hydrogen (secondary N) is 1. The molecule has 0 amide bonds. The molecule has 0 spiro atoms. The van der Waals surface area contributed by atoms with E-state index < -0.39 is 10.0 Å². The normalized spacial score (nSPS) is 21.0. The molecule has 8 heteroatoms. The zero-order valence-electron chi connectivity index (χ0n) is 15.8. The lowest BCUT2D eigenvalue weighted by Gasteiger charge is -2.42. The van der Waals surface area contributed by atoms with E-state index in [1.54, 1.807) is 0 Å². The quantitative estimate of drug-likeness (QED) is 0.672. The second kappa shape index (κ2) is 9.84. The standard InChI is InChI=1S/C19H30N2O5S/c22-27(23,15-14-26-18-4-2-1-3-5-18)20-16-19(6-10-24-11-7-19)17-21-8-12-25-13-9-21/h1-5,20H,6-17H2. The van der Waals surface area contributed by atoms with Gasteiger partial charge in [0.15, 0.2) is 0 Å². The number of benzene rings is 1. The molecule has 0 saturated carbocycles. The average Bonchev–Trinajstić information content (AvgIpc) is 2.69. The molecule has 1 aromatic carbocycles. The molecule has 0 aromatic heterocycles. The molecule has 27 heavy (non-hydrogen) atoms. The summed E-state index contributed by atoms with van der Waals surface area (Å²) in [7, 11) is -3.39. The van der Waals surface area contributed by atoms with E-state index in [2.05, 4.69) is 9.62 Å². The molecule has 0 aliphatic carbocycles. The van der Waals surface area contributed by atoms with E-state index in [1.165, 1.54) is 0 Å². The van der Waals surface area contributed by atoms with Crippen LogP contribution in [0.25, 0.3) is 0 Å². The Hall–Kier alpha value is -1.19. The van der Waals surface area contributed by atoms with Crippen molar-refractivity contribution in [3.8, 4) is 5.75 Å². The lowest BCUT2D eigenvalue weighted by molar-refractivity contribution is -0.0270. The monoisotopic (exact) mass is 398 g/mol. The number of para-hydroxylation sites is 1. The molecule has 0 atom stereocenters. The summed E-state index contributed by atoms with van der Waals surface area (Å²) in [4.78, 5) is 2.38. The smallest absolute Gasteiger partial charge is 0.214 e. The maximum absolute atomic E-state index is 12.4. The van der Waals surface area contributed by atoms with Crippen LogP contribution >= 0.6 is 0 Å². The van der Waals surface area contributed by atoms with Gasteiger partial charge in [0.2, 0.25) is 10.0 Å². The van der Waals surface area contributed by atoms with E-state index in [9.17, 15) is 8.42 Å². The summed E-state index contributed by atoms with van der Waals surface area (Å²) in [6.07, 6.45) is 1.74. The Bertz CT molecular complexity index is 656. The van der Waals surface area contributed by atoms with Crippen molar-refractivity contribution in [3.05, 3.63) is 30.3 Å². The molecule has 2 aliphatic heterocycles. The molecule has 2 fully saturated rings. The van der Waals surface area contributed by atoms with Crippen LogP contribution < -0.4 is 9.46 Å². The molecule has 3 rings (SSSR count). The molecule has 0 unspecified atom stereocenters. The maximum atomic E-state index is 12.4. The molecule has 7 nitrogen and oxygen atoms in total. The third kappa shape index (κ3) is 6.73. The molecule has 2 aliphatic rings. The van der Waals surface area contributed by atoms with Crippen molar-refractivity contribution in [1.82, 2.24) is 9.62 Å². The highest BCUT2D eigenvalue weighted by molar-refractivity contribution is 7.89. The van der Waals surface area contributed by atoms with Crippen LogP contribution in [-0.4, -0.2) is 78.3 Å². The summed E-state index contributed by atoms with van der Waals surface area (Å²) in [5.74, 6) is 0.632. The van der Waals surface area contributed by atoms with Gasteiger partial charge in [0.05, 0.1) is 19.0 Å².